The molecule has 0 spiro atoms. The highest BCUT2D eigenvalue weighted by molar-refractivity contribution is 5.75. The molecule has 0 fully saturated rings. The zero-order valence-electron chi connectivity index (χ0n) is 14.2. The second-order valence-electron chi connectivity index (χ2n) is 4.61. The second-order valence-corrected chi connectivity index (χ2v) is 4.61. The monoisotopic (exact) mass is 324 g/mol. The molecule has 1 amide bonds. The van der Waals surface area contributed by atoms with Gasteiger partial charge in [0.15, 0.2) is 0 Å². The molecule has 1 aromatic carbocycles. The van der Waals surface area contributed by atoms with Crippen molar-refractivity contribution >= 4 is 12.1 Å². The number of unbranched alkanes of at least 4 members (excludes halogenated alkanes) is 1. The number of hydrogen-bond acceptors (Lipinski definition) is 5. The number of amides is 1. The van der Waals surface area contributed by atoms with E-state index in [-0.39, 0.29) is 6.61 Å². The van der Waals surface area contributed by atoms with Crippen molar-refractivity contribution in [3.63, 3.8) is 0 Å². The van der Waals surface area contributed by atoms with Gasteiger partial charge in [-0.05, 0) is 24.8 Å². The van der Waals surface area contributed by atoms with Crippen molar-refractivity contribution in [1.29, 1.82) is 0 Å². The van der Waals surface area contributed by atoms with E-state index in [1.165, 1.54) is 7.11 Å². The van der Waals surface area contributed by atoms with Gasteiger partial charge in [0.05, 0.1) is 7.11 Å². The molecular weight excluding hydrogens is 296 g/mol. The topological polar surface area (TPSA) is 90.6 Å². The van der Waals surface area contributed by atoms with Crippen molar-refractivity contribution in [2.24, 2.45) is 5.73 Å². The molecule has 1 aromatic rings. The molecule has 0 aliphatic heterocycles. The Balaban J connectivity index is 0.00000232. The summed E-state index contributed by atoms with van der Waals surface area (Å²) in [6.45, 7) is 4.74. The zero-order chi connectivity index (χ0) is 17.5. The highest BCUT2D eigenvalue weighted by Crippen LogP contribution is 2.02. The smallest absolute Gasteiger partial charge is 0.407 e. The van der Waals surface area contributed by atoms with Crippen LogP contribution in [0.25, 0.3) is 0 Å². The lowest BCUT2D eigenvalue weighted by Crippen LogP contribution is -2.31. The van der Waals surface area contributed by atoms with E-state index in [0.717, 1.165) is 18.4 Å². The lowest BCUT2D eigenvalue weighted by Gasteiger charge is -2.09. The Kier molecular flexibility index (Phi) is 12.3. The summed E-state index contributed by atoms with van der Waals surface area (Å²) < 4.78 is 9.59. The number of benzene rings is 1. The number of carbonyl (C=O) groups excluding carboxylic acids is 2. The molecule has 0 radical (unpaired) electrons. The maximum Gasteiger partial charge on any atom is 0.407 e. The number of rotatable bonds is 8. The number of carbonyl (C=O) groups is 2. The van der Waals surface area contributed by atoms with E-state index in [1.54, 1.807) is 0 Å². The maximum absolute atomic E-state index is 11.4. The molecule has 0 heterocycles. The molecule has 23 heavy (non-hydrogen) atoms. The molecule has 0 aliphatic carbocycles. The minimum absolute atomic E-state index is 0.250. The number of nitrogens with one attached hydrogen (secondary N) is 1. The largest absolute Gasteiger partial charge is 0.468 e. The summed E-state index contributed by atoms with van der Waals surface area (Å²) in [7, 11) is 1.31. The van der Waals surface area contributed by atoms with Gasteiger partial charge in [0.25, 0.3) is 0 Å². The van der Waals surface area contributed by atoms with E-state index in [0.29, 0.717) is 13.0 Å². The molecule has 6 nitrogen and oxygen atoms in total. The van der Waals surface area contributed by atoms with Gasteiger partial charge in [-0.25, -0.2) is 4.79 Å². The highest BCUT2D eigenvalue weighted by atomic mass is 16.5. The zero-order valence-corrected chi connectivity index (χ0v) is 14.2. The summed E-state index contributed by atoms with van der Waals surface area (Å²) >= 11 is 0. The first-order valence-electron chi connectivity index (χ1n) is 7.91. The van der Waals surface area contributed by atoms with Crippen LogP contribution in [0.2, 0.25) is 0 Å². The minimum Gasteiger partial charge on any atom is -0.468 e. The Morgan fingerprint density at radius 1 is 1.17 bits per heavy atom. The van der Waals surface area contributed by atoms with Crippen LogP contribution in [0, 0.1) is 0 Å². The lowest BCUT2D eigenvalue weighted by molar-refractivity contribution is -0.142. The van der Waals surface area contributed by atoms with E-state index < -0.39 is 18.1 Å². The first kappa shape index (κ1) is 20.9. The van der Waals surface area contributed by atoms with Crippen molar-refractivity contribution in [2.45, 2.75) is 45.8 Å². The van der Waals surface area contributed by atoms with Crippen LogP contribution in [0.5, 0.6) is 0 Å². The minimum atomic E-state index is -0.597. The van der Waals surface area contributed by atoms with Crippen LogP contribution >= 0.6 is 0 Å². The van der Waals surface area contributed by atoms with Crippen molar-refractivity contribution in [1.82, 2.24) is 5.32 Å². The molecule has 3 N–H and O–H groups in total. The fourth-order valence-corrected chi connectivity index (χ4v) is 1.72. The van der Waals surface area contributed by atoms with Gasteiger partial charge in [0, 0.05) is 6.54 Å². The molecule has 1 unspecified atom stereocenters. The molecular formula is C17H28N2O4. The summed E-state index contributed by atoms with van der Waals surface area (Å²) in [6.07, 6.45) is 1.55. The summed E-state index contributed by atoms with van der Waals surface area (Å²) in [4.78, 5) is 22.5. The number of ether oxygens (including phenoxy) is 2. The molecule has 0 aliphatic rings. The van der Waals surface area contributed by atoms with Gasteiger partial charge in [-0.2, -0.15) is 0 Å². The normalized spacial score (nSPS) is 10.8. The summed E-state index contributed by atoms with van der Waals surface area (Å²) in [6, 6.07) is 8.87. The van der Waals surface area contributed by atoms with Gasteiger partial charge >= 0.3 is 12.1 Å². The van der Waals surface area contributed by atoms with E-state index in [4.69, 9.17) is 10.5 Å². The molecule has 0 saturated carbocycles. The number of nitrogens with two attached hydrogens (primary N) is 1. The molecule has 0 bridgehead atoms. The SMILES string of the molecule is CC.COC(=O)C(N)CCCCNC(=O)OCc1ccccc1. The fourth-order valence-electron chi connectivity index (χ4n) is 1.72. The van der Waals surface area contributed by atoms with Crippen molar-refractivity contribution < 1.29 is 19.1 Å². The van der Waals surface area contributed by atoms with Crippen LogP contribution in [0.15, 0.2) is 30.3 Å². The van der Waals surface area contributed by atoms with E-state index in [2.05, 4.69) is 10.1 Å². The predicted molar refractivity (Wildman–Crippen MR) is 89.8 cm³/mol. The molecule has 130 valence electrons. The maximum atomic E-state index is 11.4. The van der Waals surface area contributed by atoms with Crippen LogP contribution in [0.3, 0.4) is 0 Å². The predicted octanol–water partition coefficient (Wildman–Crippen LogP) is 2.61. The quantitative estimate of drug-likeness (QED) is 0.566. The molecule has 0 saturated heterocycles. The standard InChI is InChI=1S/C15H22N2O4.C2H6/c1-20-14(18)13(16)9-5-6-10-17-15(19)21-11-12-7-3-2-4-8-12;1-2/h2-4,7-8,13H,5-6,9-11,16H2,1H3,(H,17,19);1-2H3. The Morgan fingerprint density at radius 3 is 2.43 bits per heavy atom. The van der Waals surface area contributed by atoms with Crippen molar-refractivity contribution in [3.8, 4) is 0 Å². The van der Waals surface area contributed by atoms with Gasteiger partial charge < -0.3 is 20.5 Å². The van der Waals surface area contributed by atoms with Crippen molar-refractivity contribution in [3.05, 3.63) is 35.9 Å². The third kappa shape index (κ3) is 10.3. The Labute approximate surface area is 138 Å². The second kappa shape index (κ2) is 13.6. The van der Waals surface area contributed by atoms with Gasteiger partial charge in [-0.15, -0.1) is 0 Å². The average Bonchev–Trinajstić information content (AvgIpc) is 2.61. The van der Waals surface area contributed by atoms with E-state index in [1.807, 2.05) is 44.2 Å². The number of esters is 1. The summed E-state index contributed by atoms with van der Waals surface area (Å²) in [5, 5.41) is 2.65. The number of methoxy groups -OCH3 is 1. The van der Waals surface area contributed by atoms with Crippen LogP contribution < -0.4 is 11.1 Å². The average molecular weight is 324 g/mol. The Morgan fingerprint density at radius 2 is 1.83 bits per heavy atom. The van der Waals surface area contributed by atoms with E-state index >= 15 is 0 Å². The summed E-state index contributed by atoms with van der Waals surface area (Å²) in [5.41, 5.74) is 6.54. The molecule has 6 heteroatoms. The fraction of sp³-hybridized carbons (Fsp3) is 0.529. The van der Waals surface area contributed by atoms with E-state index in [9.17, 15) is 9.59 Å². The molecule has 1 rings (SSSR count). The van der Waals surface area contributed by atoms with Crippen LogP contribution in [0.1, 0.15) is 38.7 Å². The van der Waals surface area contributed by atoms with Crippen molar-refractivity contribution in [2.75, 3.05) is 13.7 Å². The third-order valence-electron chi connectivity index (χ3n) is 2.93. The van der Waals surface area contributed by atoms with Gasteiger partial charge in [-0.3, -0.25) is 4.79 Å². The Bertz CT molecular complexity index is 437. The highest BCUT2D eigenvalue weighted by Gasteiger charge is 2.12. The number of hydrogen-bond donors (Lipinski definition) is 2. The first-order chi connectivity index (χ1) is 11.1. The summed E-state index contributed by atoms with van der Waals surface area (Å²) in [5.74, 6) is -0.412. The van der Waals surface area contributed by atoms with Crippen LogP contribution in [-0.4, -0.2) is 31.8 Å². The number of alkyl carbamates (subject to hydrolysis) is 1. The molecule has 0 aromatic heterocycles. The van der Waals surface area contributed by atoms with Gasteiger partial charge in [-0.1, -0.05) is 44.2 Å². The van der Waals surface area contributed by atoms with Gasteiger partial charge in [0.2, 0.25) is 0 Å². The van der Waals surface area contributed by atoms with Crippen LogP contribution in [-0.2, 0) is 20.9 Å². The van der Waals surface area contributed by atoms with Crippen LogP contribution in [0.4, 0.5) is 4.79 Å². The lowest BCUT2D eigenvalue weighted by atomic mass is 10.1. The third-order valence-corrected chi connectivity index (χ3v) is 2.93. The first-order valence-corrected chi connectivity index (χ1v) is 7.91. The Hall–Kier alpha value is -2.08. The molecule has 1 atom stereocenters. The van der Waals surface area contributed by atoms with Gasteiger partial charge in [0.1, 0.15) is 12.6 Å².